The lowest BCUT2D eigenvalue weighted by Gasteiger charge is -2.30. The summed E-state index contributed by atoms with van der Waals surface area (Å²) in [5.41, 5.74) is 2.31. The number of aryl methyl sites for hydroxylation is 1. The minimum atomic E-state index is -0.704. The van der Waals surface area contributed by atoms with Gasteiger partial charge in [0.1, 0.15) is 11.9 Å². The van der Waals surface area contributed by atoms with Crippen molar-refractivity contribution in [3.05, 3.63) is 71.0 Å². The molecule has 28 heavy (non-hydrogen) atoms. The first-order valence-electron chi connectivity index (χ1n) is 9.71. The second-order valence-electron chi connectivity index (χ2n) is 7.21. The summed E-state index contributed by atoms with van der Waals surface area (Å²) < 4.78 is 14.2. The SMILES string of the molecule is CCC(C)NC(=O)C(C)N(Cc1ccccc1F)C(=O)Cc1ccccc1C. The molecule has 0 heterocycles. The number of hydrogen-bond acceptors (Lipinski definition) is 2. The molecular formula is C23H29FN2O2. The van der Waals surface area contributed by atoms with Crippen molar-refractivity contribution in [1.82, 2.24) is 10.2 Å². The Morgan fingerprint density at radius 1 is 1.04 bits per heavy atom. The third-order valence-electron chi connectivity index (χ3n) is 5.07. The van der Waals surface area contributed by atoms with Crippen molar-refractivity contribution in [2.45, 2.75) is 59.2 Å². The van der Waals surface area contributed by atoms with E-state index in [2.05, 4.69) is 5.32 Å². The maximum Gasteiger partial charge on any atom is 0.242 e. The summed E-state index contributed by atoms with van der Waals surface area (Å²) in [6, 6.07) is 13.3. The standard InChI is InChI=1S/C23H29FN2O2/c1-5-17(3)25-23(28)18(4)26(15-20-12-8-9-13-21(20)24)22(27)14-19-11-7-6-10-16(19)2/h6-13,17-18H,5,14-15H2,1-4H3,(H,25,28). The molecule has 1 N–H and O–H groups in total. The Kier molecular flexibility index (Phi) is 7.73. The van der Waals surface area contributed by atoms with Gasteiger partial charge in [-0.25, -0.2) is 4.39 Å². The van der Waals surface area contributed by atoms with Gasteiger partial charge in [-0.3, -0.25) is 9.59 Å². The molecule has 4 nitrogen and oxygen atoms in total. The van der Waals surface area contributed by atoms with Crippen LogP contribution in [0.1, 0.15) is 43.9 Å². The van der Waals surface area contributed by atoms with E-state index in [9.17, 15) is 14.0 Å². The first-order valence-corrected chi connectivity index (χ1v) is 9.71. The van der Waals surface area contributed by atoms with Crippen LogP contribution in [0.2, 0.25) is 0 Å². The highest BCUT2D eigenvalue weighted by Crippen LogP contribution is 2.16. The van der Waals surface area contributed by atoms with Gasteiger partial charge < -0.3 is 10.2 Å². The van der Waals surface area contributed by atoms with Crippen LogP contribution in [0.3, 0.4) is 0 Å². The summed E-state index contributed by atoms with van der Waals surface area (Å²) >= 11 is 0. The number of hydrogen-bond donors (Lipinski definition) is 1. The molecule has 0 aliphatic rings. The molecule has 5 heteroatoms. The summed E-state index contributed by atoms with van der Waals surface area (Å²) in [5.74, 6) is -0.820. The quantitative estimate of drug-likeness (QED) is 0.748. The third kappa shape index (κ3) is 5.65. The molecule has 2 aromatic rings. The molecule has 0 aliphatic carbocycles. The van der Waals surface area contributed by atoms with Crippen molar-refractivity contribution in [3.8, 4) is 0 Å². The highest BCUT2D eigenvalue weighted by atomic mass is 19.1. The van der Waals surface area contributed by atoms with E-state index in [-0.39, 0.29) is 36.6 Å². The number of carbonyl (C=O) groups is 2. The molecule has 0 saturated carbocycles. The van der Waals surface area contributed by atoms with Crippen LogP contribution in [0.15, 0.2) is 48.5 Å². The average Bonchev–Trinajstić information content (AvgIpc) is 2.68. The Bertz CT molecular complexity index is 822. The number of carbonyl (C=O) groups excluding carboxylic acids is 2. The topological polar surface area (TPSA) is 49.4 Å². The van der Waals surface area contributed by atoms with Crippen LogP contribution in [0.5, 0.6) is 0 Å². The summed E-state index contributed by atoms with van der Waals surface area (Å²) in [4.78, 5) is 27.2. The van der Waals surface area contributed by atoms with Gasteiger partial charge in [-0.2, -0.15) is 0 Å². The van der Waals surface area contributed by atoms with Crippen molar-refractivity contribution in [2.75, 3.05) is 0 Å². The van der Waals surface area contributed by atoms with E-state index < -0.39 is 6.04 Å². The zero-order valence-corrected chi connectivity index (χ0v) is 17.0. The van der Waals surface area contributed by atoms with Crippen LogP contribution < -0.4 is 5.32 Å². The molecule has 0 aliphatic heterocycles. The zero-order chi connectivity index (χ0) is 20.7. The number of benzene rings is 2. The molecule has 0 bridgehead atoms. The number of amides is 2. The van der Waals surface area contributed by atoms with E-state index in [1.165, 1.54) is 11.0 Å². The van der Waals surface area contributed by atoms with E-state index in [4.69, 9.17) is 0 Å². The highest BCUT2D eigenvalue weighted by Gasteiger charge is 2.27. The minimum Gasteiger partial charge on any atom is -0.352 e. The van der Waals surface area contributed by atoms with Gasteiger partial charge in [0, 0.05) is 18.2 Å². The van der Waals surface area contributed by atoms with Crippen LogP contribution in [-0.4, -0.2) is 28.8 Å². The molecular weight excluding hydrogens is 355 g/mol. The van der Waals surface area contributed by atoms with Crippen molar-refractivity contribution in [2.24, 2.45) is 0 Å². The van der Waals surface area contributed by atoms with Crippen LogP contribution in [-0.2, 0) is 22.6 Å². The molecule has 2 amide bonds. The second kappa shape index (κ2) is 10.0. The predicted octanol–water partition coefficient (Wildman–Crippen LogP) is 4.01. The van der Waals surface area contributed by atoms with Gasteiger partial charge in [-0.1, -0.05) is 49.4 Å². The Hall–Kier alpha value is -2.69. The lowest BCUT2D eigenvalue weighted by molar-refractivity contribution is -0.140. The summed E-state index contributed by atoms with van der Waals surface area (Å²) in [7, 11) is 0. The van der Waals surface area contributed by atoms with E-state index in [1.54, 1.807) is 25.1 Å². The van der Waals surface area contributed by atoms with Crippen molar-refractivity contribution < 1.29 is 14.0 Å². The highest BCUT2D eigenvalue weighted by molar-refractivity contribution is 5.88. The lowest BCUT2D eigenvalue weighted by Crippen LogP contribution is -2.50. The van der Waals surface area contributed by atoms with E-state index in [1.807, 2.05) is 45.0 Å². The molecule has 0 radical (unpaired) electrons. The van der Waals surface area contributed by atoms with Crippen LogP contribution in [0, 0.1) is 12.7 Å². The molecule has 150 valence electrons. The lowest BCUT2D eigenvalue weighted by atomic mass is 10.0. The Morgan fingerprint density at radius 3 is 2.25 bits per heavy atom. The summed E-state index contributed by atoms with van der Waals surface area (Å²) in [6.45, 7) is 7.58. The molecule has 2 atom stereocenters. The normalized spacial score (nSPS) is 12.9. The Balaban J connectivity index is 2.26. The van der Waals surface area contributed by atoms with Crippen LogP contribution in [0.4, 0.5) is 4.39 Å². The molecule has 0 aromatic heterocycles. The Morgan fingerprint density at radius 2 is 1.64 bits per heavy atom. The average molecular weight is 384 g/mol. The van der Waals surface area contributed by atoms with E-state index in [0.29, 0.717) is 5.56 Å². The number of nitrogens with zero attached hydrogens (tertiary/aromatic N) is 1. The molecule has 2 aromatic carbocycles. The summed E-state index contributed by atoms with van der Waals surface area (Å²) in [6.07, 6.45) is 0.963. The van der Waals surface area contributed by atoms with E-state index in [0.717, 1.165) is 17.5 Å². The van der Waals surface area contributed by atoms with Crippen LogP contribution in [0.25, 0.3) is 0 Å². The molecule has 0 spiro atoms. The van der Waals surface area contributed by atoms with Crippen molar-refractivity contribution in [1.29, 1.82) is 0 Å². The minimum absolute atomic E-state index is 0.0109. The fourth-order valence-corrected chi connectivity index (χ4v) is 2.93. The largest absolute Gasteiger partial charge is 0.352 e. The molecule has 2 rings (SSSR count). The van der Waals surface area contributed by atoms with Gasteiger partial charge in [0.05, 0.1) is 6.42 Å². The second-order valence-corrected chi connectivity index (χ2v) is 7.21. The third-order valence-corrected chi connectivity index (χ3v) is 5.07. The molecule has 2 unspecified atom stereocenters. The Labute approximate surface area is 166 Å². The van der Waals surface area contributed by atoms with Gasteiger partial charge in [-0.15, -0.1) is 0 Å². The first-order chi connectivity index (χ1) is 13.3. The number of nitrogens with one attached hydrogen (secondary N) is 1. The molecule has 0 fully saturated rings. The predicted molar refractivity (Wildman–Crippen MR) is 109 cm³/mol. The zero-order valence-electron chi connectivity index (χ0n) is 17.0. The maximum absolute atomic E-state index is 14.2. The molecule has 0 saturated heterocycles. The smallest absolute Gasteiger partial charge is 0.242 e. The van der Waals surface area contributed by atoms with Gasteiger partial charge in [0.25, 0.3) is 0 Å². The van der Waals surface area contributed by atoms with Gasteiger partial charge >= 0.3 is 0 Å². The van der Waals surface area contributed by atoms with Gasteiger partial charge in [0.15, 0.2) is 0 Å². The number of halogens is 1. The monoisotopic (exact) mass is 384 g/mol. The van der Waals surface area contributed by atoms with Gasteiger partial charge in [0.2, 0.25) is 11.8 Å². The van der Waals surface area contributed by atoms with Crippen LogP contribution >= 0.6 is 0 Å². The first kappa shape index (κ1) is 21.6. The van der Waals surface area contributed by atoms with E-state index >= 15 is 0 Å². The number of rotatable bonds is 8. The maximum atomic E-state index is 14.2. The fourth-order valence-electron chi connectivity index (χ4n) is 2.93. The summed E-state index contributed by atoms with van der Waals surface area (Å²) in [5, 5.41) is 2.91. The fraction of sp³-hybridized carbons (Fsp3) is 0.391. The van der Waals surface area contributed by atoms with Crippen molar-refractivity contribution >= 4 is 11.8 Å². The van der Waals surface area contributed by atoms with Crippen molar-refractivity contribution in [3.63, 3.8) is 0 Å². The van der Waals surface area contributed by atoms with Gasteiger partial charge in [-0.05, 0) is 44.4 Å².